The zero-order valence-corrected chi connectivity index (χ0v) is 14.1. The van der Waals surface area contributed by atoms with Gasteiger partial charge in [0, 0.05) is 13.5 Å². The lowest BCUT2D eigenvalue weighted by Gasteiger charge is -2.42. The van der Waals surface area contributed by atoms with Gasteiger partial charge in [-0.1, -0.05) is 23.4 Å². The SMILES string of the molecule is Cc1nc(C(=O)N2C[C@H](COc3ccccc3)OC(C)(C)C2)no1. The third kappa shape index (κ3) is 3.91. The molecule has 24 heavy (non-hydrogen) atoms. The van der Waals surface area contributed by atoms with Gasteiger partial charge in [0.2, 0.25) is 5.89 Å². The highest BCUT2D eigenvalue weighted by Gasteiger charge is 2.37. The standard InChI is InChI=1S/C17H21N3O4/c1-12-18-15(19-24-12)16(21)20-9-14(23-17(2,3)11-20)10-22-13-7-5-4-6-8-13/h4-8,14H,9-11H2,1-3H3/t14-/m1/s1. The van der Waals surface area contributed by atoms with E-state index in [0.29, 0.717) is 25.6 Å². The molecule has 2 aromatic rings. The number of aromatic nitrogens is 2. The molecule has 128 valence electrons. The molecule has 1 amide bonds. The van der Waals surface area contributed by atoms with E-state index >= 15 is 0 Å². The number of aryl methyl sites for hydroxylation is 1. The third-order valence-electron chi connectivity index (χ3n) is 3.67. The number of hydrogen-bond acceptors (Lipinski definition) is 6. The molecule has 0 radical (unpaired) electrons. The Morgan fingerprint density at radius 1 is 1.38 bits per heavy atom. The van der Waals surface area contributed by atoms with E-state index in [0.717, 1.165) is 5.75 Å². The lowest BCUT2D eigenvalue weighted by molar-refractivity contribution is -0.136. The van der Waals surface area contributed by atoms with Gasteiger partial charge in [-0.2, -0.15) is 4.98 Å². The molecule has 0 bridgehead atoms. The highest BCUT2D eigenvalue weighted by molar-refractivity contribution is 5.90. The van der Waals surface area contributed by atoms with E-state index < -0.39 is 5.60 Å². The van der Waals surface area contributed by atoms with Crippen LogP contribution in [0.4, 0.5) is 0 Å². The summed E-state index contributed by atoms with van der Waals surface area (Å²) in [5.41, 5.74) is -0.475. The van der Waals surface area contributed by atoms with Crippen LogP contribution in [0.25, 0.3) is 0 Å². The minimum atomic E-state index is -0.475. The summed E-state index contributed by atoms with van der Waals surface area (Å²) in [4.78, 5) is 18.3. The number of hydrogen-bond donors (Lipinski definition) is 0. The zero-order chi connectivity index (χ0) is 17.2. The molecule has 0 spiro atoms. The zero-order valence-electron chi connectivity index (χ0n) is 14.1. The first-order valence-corrected chi connectivity index (χ1v) is 7.88. The van der Waals surface area contributed by atoms with Gasteiger partial charge in [-0.15, -0.1) is 0 Å². The summed E-state index contributed by atoms with van der Waals surface area (Å²) in [5, 5.41) is 3.71. The number of ether oxygens (including phenoxy) is 2. The van der Waals surface area contributed by atoms with Crippen LogP contribution in [0.5, 0.6) is 5.75 Å². The maximum Gasteiger partial charge on any atom is 0.295 e. The summed E-state index contributed by atoms with van der Waals surface area (Å²) >= 11 is 0. The Morgan fingerprint density at radius 2 is 2.12 bits per heavy atom. The fourth-order valence-electron chi connectivity index (χ4n) is 2.77. The van der Waals surface area contributed by atoms with Crippen molar-refractivity contribution in [2.24, 2.45) is 0 Å². The predicted molar refractivity (Wildman–Crippen MR) is 85.8 cm³/mol. The molecule has 1 atom stereocenters. The molecule has 0 unspecified atom stereocenters. The van der Waals surface area contributed by atoms with Gasteiger partial charge in [-0.25, -0.2) is 0 Å². The van der Waals surface area contributed by atoms with Crippen molar-refractivity contribution < 1.29 is 18.8 Å². The Bertz CT molecular complexity index is 699. The van der Waals surface area contributed by atoms with Gasteiger partial charge in [0.1, 0.15) is 18.5 Å². The van der Waals surface area contributed by atoms with Crippen LogP contribution < -0.4 is 4.74 Å². The van der Waals surface area contributed by atoms with Crippen LogP contribution in [0.3, 0.4) is 0 Å². The van der Waals surface area contributed by atoms with Crippen LogP contribution in [0.2, 0.25) is 0 Å². The van der Waals surface area contributed by atoms with Crippen molar-refractivity contribution in [2.45, 2.75) is 32.5 Å². The van der Waals surface area contributed by atoms with Crippen molar-refractivity contribution in [2.75, 3.05) is 19.7 Å². The first-order valence-electron chi connectivity index (χ1n) is 7.88. The Hall–Kier alpha value is -2.41. The summed E-state index contributed by atoms with van der Waals surface area (Å²) in [7, 11) is 0. The van der Waals surface area contributed by atoms with Crippen molar-refractivity contribution >= 4 is 5.91 Å². The number of rotatable bonds is 4. The van der Waals surface area contributed by atoms with Gasteiger partial charge in [0.15, 0.2) is 0 Å². The molecule has 0 saturated carbocycles. The van der Waals surface area contributed by atoms with E-state index in [1.54, 1.807) is 11.8 Å². The number of carbonyl (C=O) groups excluding carboxylic acids is 1. The van der Waals surface area contributed by atoms with E-state index in [4.69, 9.17) is 14.0 Å². The van der Waals surface area contributed by atoms with Crippen molar-refractivity contribution in [1.29, 1.82) is 0 Å². The molecule has 1 aliphatic rings. The largest absolute Gasteiger partial charge is 0.491 e. The molecular weight excluding hydrogens is 310 g/mol. The minimum absolute atomic E-state index is 0.0768. The maximum absolute atomic E-state index is 12.6. The van der Waals surface area contributed by atoms with E-state index in [1.165, 1.54) is 0 Å². The Labute approximate surface area is 140 Å². The molecule has 7 nitrogen and oxygen atoms in total. The number of benzene rings is 1. The van der Waals surface area contributed by atoms with E-state index in [2.05, 4.69) is 10.1 Å². The van der Waals surface area contributed by atoms with Crippen molar-refractivity contribution in [3.63, 3.8) is 0 Å². The van der Waals surface area contributed by atoms with Gasteiger partial charge >= 0.3 is 0 Å². The van der Waals surface area contributed by atoms with Gasteiger partial charge in [-0.3, -0.25) is 4.79 Å². The van der Waals surface area contributed by atoms with Crippen LogP contribution in [-0.4, -0.2) is 52.3 Å². The molecule has 0 aliphatic carbocycles. The van der Waals surface area contributed by atoms with Crippen molar-refractivity contribution in [3.05, 3.63) is 42.0 Å². The maximum atomic E-state index is 12.6. The van der Waals surface area contributed by atoms with Crippen molar-refractivity contribution in [1.82, 2.24) is 15.0 Å². The monoisotopic (exact) mass is 331 g/mol. The number of carbonyl (C=O) groups is 1. The van der Waals surface area contributed by atoms with Crippen LogP contribution in [0.1, 0.15) is 30.4 Å². The van der Waals surface area contributed by atoms with Crippen LogP contribution in [-0.2, 0) is 4.74 Å². The molecule has 7 heteroatoms. The third-order valence-corrected chi connectivity index (χ3v) is 3.67. The first kappa shape index (κ1) is 16.4. The Kier molecular flexibility index (Phi) is 4.53. The summed E-state index contributed by atoms with van der Waals surface area (Å²) in [5.74, 6) is 0.965. The van der Waals surface area contributed by atoms with Gasteiger partial charge < -0.3 is 18.9 Å². The first-order chi connectivity index (χ1) is 11.4. The summed E-state index contributed by atoms with van der Waals surface area (Å²) in [6.45, 7) is 6.79. The summed E-state index contributed by atoms with van der Waals surface area (Å²) in [6, 6.07) is 9.53. The number of nitrogens with zero attached hydrogens (tertiary/aromatic N) is 3. The van der Waals surface area contributed by atoms with Crippen LogP contribution >= 0.6 is 0 Å². The average molecular weight is 331 g/mol. The molecule has 2 heterocycles. The molecule has 1 aromatic carbocycles. The second kappa shape index (κ2) is 6.60. The fraction of sp³-hybridized carbons (Fsp3) is 0.471. The normalized spacial score (nSPS) is 20.0. The van der Waals surface area contributed by atoms with E-state index in [9.17, 15) is 4.79 Å². The van der Waals surface area contributed by atoms with E-state index in [-0.39, 0.29) is 17.8 Å². The number of para-hydroxylation sites is 1. The highest BCUT2D eigenvalue weighted by atomic mass is 16.6. The topological polar surface area (TPSA) is 77.7 Å². The highest BCUT2D eigenvalue weighted by Crippen LogP contribution is 2.23. The molecule has 3 rings (SSSR count). The summed E-state index contributed by atoms with van der Waals surface area (Å²) in [6.07, 6.45) is -0.231. The van der Waals surface area contributed by atoms with E-state index in [1.807, 2.05) is 44.2 Å². The molecule has 1 aliphatic heterocycles. The van der Waals surface area contributed by atoms with Crippen LogP contribution in [0, 0.1) is 6.92 Å². The van der Waals surface area contributed by atoms with Gasteiger partial charge in [-0.05, 0) is 26.0 Å². The molecule has 0 N–H and O–H groups in total. The molecule has 1 aromatic heterocycles. The molecule has 1 fully saturated rings. The lowest BCUT2D eigenvalue weighted by atomic mass is 10.1. The minimum Gasteiger partial charge on any atom is -0.491 e. The number of amides is 1. The average Bonchev–Trinajstić information content (AvgIpc) is 2.98. The molecule has 1 saturated heterocycles. The Morgan fingerprint density at radius 3 is 2.79 bits per heavy atom. The van der Waals surface area contributed by atoms with Gasteiger partial charge in [0.25, 0.3) is 11.7 Å². The van der Waals surface area contributed by atoms with Crippen LogP contribution in [0.15, 0.2) is 34.9 Å². The Balaban J connectivity index is 1.67. The lowest BCUT2D eigenvalue weighted by Crippen LogP contribution is -2.56. The quantitative estimate of drug-likeness (QED) is 0.853. The predicted octanol–water partition coefficient (Wildman–Crippen LogP) is 2.08. The molecular formula is C17H21N3O4. The second-order valence-corrected chi connectivity index (χ2v) is 6.45. The van der Waals surface area contributed by atoms with Gasteiger partial charge in [0.05, 0.1) is 12.1 Å². The smallest absolute Gasteiger partial charge is 0.295 e. The number of morpholine rings is 1. The second-order valence-electron chi connectivity index (χ2n) is 6.45. The van der Waals surface area contributed by atoms with Crippen molar-refractivity contribution in [3.8, 4) is 5.75 Å². The fourth-order valence-corrected chi connectivity index (χ4v) is 2.77. The summed E-state index contributed by atoms with van der Waals surface area (Å²) < 4.78 is 16.7.